The van der Waals surface area contributed by atoms with Gasteiger partial charge in [-0.05, 0) is 109 Å². The lowest BCUT2D eigenvalue weighted by atomic mass is 9.67. The normalized spacial score (nSPS) is 12.7. The number of anilines is 6. The summed E-state index contributed by atoms with van der Waals surface area (Å²) in [5.41, 5.74) is 17.9. The zero-order valence-corrected chi connectivity index (χ0v) is 37.2. The van der Waals surface area contributed by atoms with E-state index in [2.05, 4.69) is 254 Å². The molecule has 0 radical (unpaired) electrons. The van der Waals surface area contributed by atoms with Crippen LogP contribution in [0, 0.1) is 13.8 Å². The summed E-state index contributed by atoms with van der Waals surface area (Å²) in [7, 11) is 0. The molecule has 0 fully saturated rings. The van der Waals surface area contributed by atoms with Crippen molar-refractivity contribution in [2.75, 3.05) is 9.80 Å². The van der Waals surface area contributed by atoms with Crippen molar-refractivity contribution < 1.29 is 8.83 Å². The number of nitrogens with zero attached hydrogens (tertiary/aromatic N) is 2. The first-order valence-corrected chi connectivity index (χ1v) is 23.0. The van der Waals surface area contributed by atoms with Crippen LogP contribution in [-0.2, 0) is 5.41 Å². The second-order valence-corrected chi connectivity index (χ2v) is 17.7. The van der Waals surface area contributed by atoms with Crippen LogP contribution in [0.15, 0.2) is 239 Å². The molecule has 10 aromatic carbocycles. The van der Waals surface area contributed by atoms with Crippen LogP contribution in [-0.4, -0.2) is 0 Å². The maximum absolute atomic E-state index is 7.40. The van der Waals surface area contributed by atoms with Gasteiger partial charge in [0.15, 0.2) is 5.58 Å². The van der Waals surface area contributed by atoms with Crippen molar-refractivity contribution in [1.29, 1.82) is 0 Å². The summed E-state index contributed by atoms with van der Waals surface area (Å²) < 4.78 is 14.6. The largest absolute Gasteiger partial charge is 0.455 e. The predicted molar refractivity (Wildman–Crippen MR) is 277 cm³/mol. The van der Waals surface area contributed by atoms with Gasteiger partial charge >= 0.3 is 0 Å². The Morgan fingerprint density at radius 3 is 1.25 bits per heavy atom. The number of rotatable bonds is 8. The Bertz CT molecular complexity index is 3760. The predicted octanol–water partition coefficient (Wildman–Crippen LogP) is 17.4. The summed E-state index contributed by atoms with van der Waals surface area (Å²) >= 11 is 0. The van der Waals surface area contributed by atoms with Crippen molar-refractivity contribution >= 4 is 78.0 Å². The highest BCUT2D eigenvalue weighted by molar-refractivity contribution is 6.26. The molecule has 4 heteroatoms. The lowest BCUT2D eigenvalue weighted by Crippen LogP contribution is -2.29. The topological polar surface area (TPSA) is 32.8 Å². The standard InChI is InChI=1S/C63H44N2O2/c1-41-31-35-47(36-32-41)64(45-23-11-5-12-24-45)53-39-52-60(62-57(53)49-27-15-17-29-55(49)67-62)59-51(63(52,43-19-7-3-8-20-43)44-21-9-4-10-22-44)40-54(61-58(59)50-28-16-18-30-56(50)66-61)65(46-25-13-6-14-26-46)48-37-33-42(2)34-38-48/h3-40H,1-2H3. The molecular formula is C63H44N2O2. The molecule has 1 aliphatic rings. The second kappa shape index (κ2) is 15.3. The molecular weight excluding hydrogens is 817 g/mol. The molecule has 67 heavy (non-hydrogen) atoms. The number of fused-ring (bicyclic) bond motifs is 11. The lowest BCUT2D eigenvalue weighted by Gasteiger charge is -2.36. The third-order valence-corrected chi connectivity index (χ3v) is 13.8. The quantitative estimate of drug-likeness (QED) is 0.152. The minimum atomic E-state index is -0.832. The van der Waals surface area contributed by atoms with E-state index in [4.69, 9.17) is 8.83 Å². The van der Waals surface area contributed by atoms with Gasteiger partial charge in [0.25, 0.3) is 0 Å². The molecule has 0 atom stereocenters. The monoisotopic (exact) mass is 860 g/mol. The van der Waals surface area contributed by atoms with Crippen LogP contribution >= 0.6 is 0 Å². The summed E-state index contributed by atoms with van der Waals surface area (Å²) in [6.45, 7) is 4.28. The fraction of sp³-hybridized carbons (Fsp3) is 0.0476. The Labute approximate surface area is 389 Å². The van der Waals surface area contributed by atoms with Gasteiger partial charge in [-0.15, -0.1) is 0 Å². The van der Waals surface area contributed by atoms with Crippen molar-refractivity contribution in [3.8, 4) is 11.1 Å². The molecule has 2 heterocycles. The van der Waals surface area contributed by atoms with Gasteiger partial charge in [0, 0.05) is 50.0 Å². The van der Waals surface area contributed by atoms with Crippen LogP contribution < -0.4 is 9.80 Å². The van der Waals surface area contributed by atoms with Crippen LogP contribution in [0.3, 0.4) is 0 Å². The average Bonchev–Trinajstić information content (AvgIpc) is 4.06. The highest BCUT2D eigenvalue weighted by atomic mass is 16.3. The van der Waals surface area contributed by atoms with Gasteiger partial charge in [-0.1, -0.05) is 169 Å². The summed E-state index contributed by atoms with van der Waals surface area (Å²) in [5.74, 6) is 0. The molecule has 0 bridgehead atoms. The molecule has 0 unspecified atom stereocenters. The highest BCUT2D eigenvalue weighted by Crippen LogP contribution is 2.64. The maximum Gasteiger partial charge on any atom is 0.160 e. The van der Waals surface area contributed by atoms with Gasteiger partial charge in [0.05, 0.1) is 22.2 Å². The SMILES string of the molecule is Cc1ccc(N(c2ccccc2)c2cc3c(c4c2oc2ccccc24)-c2c(cc(N(c4ccccc4)c4ccc(C)cc4)c4c2oc2ccccc24)C3(c2ccccc2)c2ccccc2)cc1. The molecule has 12 aromatic rings. The Hall–Kier alpha value is -8.60. The molecule has 4 nitrogen and oxygen atoms in total. The molecule has 1 aliphatic carbocycles. The van der Waals surface area contributed by atoms with E-state index in [9.17, 15) is 0 Å². The van der Waals surface area contributed by atoms with E-state index in [-0.39, 0.29) is 0 Å². The minimum absolute atomic E-state index is 0.811. The van der Waals surface area contributed by atoms with Crippen molar-refractivity contribution in [3.05, 3.63) is 264 Å². The van der Waals surface area contributed by atoms with Crippen LogP contribution in [0.1, 0.15) is 33.4 Å². The molecule has 318 valence electrons. The van der Waals surface area contributed by atoms with Gasteiger partial charge < -0.3 is 18.6 Å². The molecule has 0 spiro atoms. The van der Waals surface area contributed by atoms with E-state index in [0.29, 0.717) is 0 Å². The van der Waals surface area contributed by atoms with Gasteiger partial charge in [-0.2, -0.15) is 0 Å². The molecule has 0 saturated carbocycles. The third kappa shape index (κ3) is 5.86. The fourth-order valence-corrected chi connectivity index (χ4v) is 10.9. The van der Waals surface area contributed by atoms with E-state index in [1.165, 1.54) is 11.1 Å². The minimum Gasteiger partial charge on any atom is -0.455 e. The molecule has 0 amide bonds. The second-order valence-electron chi connectivity index (χ2n) is 17.7. The first kappa shape index (κ1) is 38.8. The number of hydrogen-bond donors (Lipinski definition) is 0. The Morgan fingerprint density at radius 2 is 0.731 bits per heavy atom. The average molecular weight is 861 g/mol. The summed E-state index contributed by atoms with van der Waals surface area (Å²) in [4.78, 5) is 4.78. The first-order valence-electron chi connectivity index (χ1n) is 23.0. The van der Waals surface area contributed by atoms with E-state index >= 15 is 0 Å². The molecule has 13 rings (SSSR count). The molecule has 2 aromatic heterocycles. The molecule has 0 aliphatic heterocycles. The number of hydrogen-bond acceptors (Lipinski definition) is 4. The van der Waals surface area contributed by atoms with Crippen molar-refractivity contribution in [3.63, 3.8) is 0 Å². The van der Waals surface area contributed by atoms with E-state index in [1.54, 1.807) is 0 Å². The van der Waals surface area contributed by atoms with E-state index in [0.717, 1.165) is 111 Å². The first-order chi connectivity index (χ1) is 33.1. The van der Waals surface area contributed by atoms with Gasteiger partial charge in [-0.25, -0.2) is 0 Å². The Morgan fingerprint density at radius 1 is 0.343 bits per heavy atom. The zero-order chi connectivity index (χ0) is 44.6. The molecule has 0 saturated heterocycles. The van der Waals surface area contributed by atoms with Crippen molar-refractivity contribution in [1.82, 2.24) is 0 Å². The number of benzene rings is 10. The Kier molecular flexibility index (Phi) is 8.84. The zero-order valence-electron chi connectivity index (χ0n) is 37.2. The smallest absolute Gasteiger partial charge is 0.160 e. The van der Waals surface area contributed by atoms with Crippen LogP contribution in [0.4, 0.5) is 34.1 Å². The summed E-state index contributed by atoms with van der Waals surface area (Å²) in [6.07, 6.45) is 0. The van der Waals surface area contributed by atoms with Crippen molar-refractivity contribution in [2.45, 2.75) is 19.3 Å². The maximum atomic E-state index is 7.40. The van der Waals surface area contributed by atoms with Crippen molar-refractivity contribution in [2.24, 2.45) is 0 Å². The number of furan rings is 2. The Balaban J connectivity index is 1.27. The fourth-order valence-electron chi connectivity index (χ4n) is 10.9. The lowest BCUT2D eigenvalue weighted by molar-refractivity contribution is 0.668. The van der Waals surface area contributed by atoms with Crippen LogP contribution in [0.25, 0.3) is 55.0 Å². The molecule has 0 N–H and O–H groups in total. The highest BCUT2D eigenvalue weighted by Gasteiger charge is 2.50. The van der Waals surface area contributed by atoms with E-state index < -0.39 is 5.41 Å². The van der Waals surface area contributed by atoms with E-state index in [1.807, 2.05) is 0 Å². The van der Waals surface area contributed by atoms with Crippen LogP contribution in [0.2, 0.25) is 0 Å². The van der Waals surface area contributed by atoms with Gasteiger partial charge in [0.1, 0.15) is 16.7 Å². The van der Waals surface area contributed by atoms with Gasteiger partial charge in [0.2, 0.25) is 0 Å². The number of para-hydroxylation sites is 4. The summed E-state index contributed by atoms with van der Waals surface area (Å²) in [5, 5.41) is 4.21. The van der Waals surface area contributed by atoms with Crippen LogP contribution in [0.5, 0.6) is 0 Å². The van der Waals surface area contributed by atoms with Gasteiger partial charge in [-0.3, -0.25) is 0 Å². The third-order valence-electron chi connectivity index (χ3n) is 13.8. The number of aryl methyl sites for hydroxylation is 2. The summed E-state index contributed by atoms with van der Waals surface area (Å²) in [6, 6.07) is 83.2.